The van der Waals surface area contributed by atoms with Crippen LogP contribution in [0.2, 0.25) is 10.0 Å². The molecule has 2 rings (SSSR count). The smallest absolute Gasteiger partial charge is 0.250 e. The molecule has 0 heterocycles. The number of halogens is 2. The molecule has 0 aliphatic heterocycles. The monoisotopic (exact) mass is 429 g/mol. The first-order valence-corrected chi connectivity index (χ1v) is 10.3. The van der Waals surface area contributed by atoms with E-state index < -0.39 is 27.9 Å². The van der Waals surface area contributed by atoms with E-state index in [4.69, 9.17) is 28.9 Å². The Bertz CT molecular complexity index is 995. The molecule has 3 N–H and O–H groups in total. The van der Waals surface area contributed by atoms with Crippen molar-refractivity contribution in [2.45, 2.75) is 13.0 Å². The predicted octanol–water partition coefficient (Wildman–Crippen LogP) is 2.89. The van der Waals surface area contributed by atoms with Crippen LogP contribution in [-0.2, 0) is 14.8 Å². The highest BCUT2D eigenvalue weighted by Crippen LogP contribution is 2.30. The Balaban J connectivity index is 2.39. The molecule has 0 spiro atoms. The van der Waals surface area contributed by atoms with Crippen LogP contribution in [0.15, 0.2) is 42.5 Å². The molecule has 0 aliphatic carbocycles. The molecule has 0 bridgehead atoms. The Kier molecular flexibility index (Phi) is 6.35. The summed E-state index contributed by atoms with van der Waals surface area (Å²) in [6, 6.07) is 9.24. The van der Waals surface area contributed by atoms with Crippen LogP contribution in [0, 0.1) is 0 Å². The van der Waals surface area contributed by atoms with E-state index in [-0.39, 0.29) is 27.0 Å². The number of anilines is 2. The number of amides is 2. The summed E-state index contributed by atoms with van der Waals surface area (Å²) in [4.78, 5) is 24.2. The van der Waals surface area contributed by atoms with Gasteiger partial charge in [0.25, 0.3) is 5.91 Å². The van der Waals surface area contributed by atoms with Crippen LogP contribution in [0.1, 0.15) is 17.3 Å². The number of benzene rings is 2. The third-order valence-electron chi connectivity index (χ3n) is 3.70. The summed E-state index contributed by atoms with van der Waals surface area (Å²) in [5.74, 6) is -1.37. The van der Waals surface area contributed by atoms with Crippen molar-refractivity contribution in [3.05, 3.63) is 58.1 Å². The lowest BCUT2D eigenvalue weighted by Crippen LogP contribution is -2.45. The van der Waals surface area contributed by atoms with Gasteiger partial charge in [0.1, 0.15) is 6.04 Å². The van der Waals surface area contributed by atoms with Crippen molar-refractivity contribution in [3.63, 3.8) is 0 Å². The number of hydrogen-bond donors (Lipinski definition) is 2. The van der Waals surface area contributed by atoms with Gasteiger partial charge in [-0.1, -0.05) is 35.3 Å². The maximum Gasteiger partial charge on any atom is 0.250 e. The van der Waals surface area contributed by atoms with Gasteiger partial charge in [-0.2, -0.15) is 0 Å². The number of sulfonamides is 1. The average molecular weight is 430 g/mol. The minimum Gasteiger partial charge on any atom is -0.366 e. The lowest BCUT2D eigenvalue weighted by Gasteiger charge is -2.28. The van der Waals surface area contributed by atoms with Gasteiger partial charge in [-0.05, 0) is 37.3 Å². The summed E-state index contributed by atoms with van der Waals surface area (Å²) < 4.78 is 25.5. The number of para-hydroxylation sites is 1. The van der Waals surface area contributed by atoms with Gasteiger partial charge < -0.3 is 11.1 Å². The van der Waals surface area contributed by atoms with Crippen LogP contribution in [0.4, 0.5) is 11.4 Å². The van der Waals surface area contributed by atoms with Crippen molar-refractivity contribution in [2.24, 2.45) is 5.73 Å². The summed E-state index contributed by atoms with van der Waals surface area (Å²) in [6.45, 7) is 1.41. The number of primary amides is 1. The number of nitrogens with one attached hydrogen (secondary N) is 1. The first kappa shape index (κ1) is 21.0. The summed E-state index contributed by atoms with van der Waals surface area (Å²) in [6.07, 6.45) is 0.969. The van der Waals surface area contributed by atoms with Crippen LogP contribution < -0.4 is 15.4 Å². The second-order valence-electron chi connectivity index (χ2n) is 5.73. The Morgan fingerprint density at radius 3 is 2.30 bits per heavy atom. The highest BCUT2D eigenvalue weighted by Gasteiger charge is 2.30. The fourth-order valence-electron chi connectivity index (χ4n) is 2.48. The van der Waals surface area contributed by atoms with Crippen molar-refractivity contribution < 1.29 is 18.0 Å². The first-order chi connectivity index (χ1) is 12.5. The summed E-state index contributed by atoms with van der Waals surface area (Å²) in [7, 11) is -3.83. The highest BCUT2D eigenvalue weighted by molar-refractivity contribution is 7.92. The van der Waals surface area contributed by atoms with Gasteiger partial charge >= 0.3 is 0 Å². The van der Waals surface area contributed by atoms with E-state index in [1.807, 2.05) is 0 Å². The van der Waals surface area contributed by atoms with E-state index in [1.165, 1.54) is 37.3 Å². The molecule has 0 unspecified atom stereocenters. The molecule has 0 aliphatic rings. The van der Waals surface area contributed by atoms with Crippen LogP contribution in [0.3, 0.4) is 0 Å². The van der Waals surface area contributed by atoms with Crippen LogP contribution in [0.5, 0.6) is 0 Å². The molecule has 0 saturated heterocycles. The zero-order chi connectivity index (χ0) is 20.4. The molecule has 2 amide bonds. The molecule has 7 nitrogen and oxygen atoms in total. The van der Waals surface area contributed by atoms with Crippen molar-refractivity contribution in [3.8, 4) is 0 Å². The van der Waals surface area contributed by atoms with Gasteiger partial charge in [0.05, 0.1) is 33.2 Å². The lowest BCUT2D eigenvalue weighted by atomic mass is 10.1. The van der Waals surface area contributed by atoms with Gasteiger partial charge in [-0.25, -0.2) is 8.42 Å². The SMILES string of the molecule is C[C@H](C(=O)Nc1ccccc1C(N)=O)N(c1ccc(Cl)c(Cl)c1)S(C)(=O)=O. The number of hydrogen-bond acceptors (Lipinski definition) is 4. The lowest BCUT2D eigenvalue weighted by molar-refractivity contribution is -0.116. The van der Waals surface area contributed by atoms with E-state index in [2.05, 4.69) is 5.32 Å². The van der Waals surface area contributed by atoms with Gasteiger partial charge in [0, 0.05) is 0 Å². The third kappa shape index (κ3) is 4.91. The molecular weight excluding hydrogens is 413 g/mol. The fraction of sp³-hybridized carbons (Fsp3) is 0.176. The zero-order valence-electron chi connectivity index (χ0n) is 14.4. The zero-order valence-corrected chi connectivity index (χ0v) is 16.8. The van der Waals surface area contributed by atoms with Crippen molar-refractivity contribution in [1.29, 1.82) is 0 Å². The third-order valence-corrected chi connectivity index (χ3v) is 5.68. The average Bonchev–Trinajstić information content (AvgIpc) is 2.57. The summed E-state index contributed by atoms with van der Waals surface area (Å²) in [5, 5.41) is 2.93. The normalized spacial score (nSPS) is 12.3. The second kappa shape index (κ2) is 8.16. The first-order valence-electron chi connectivity index (χ1n) is 7.66. The van der Waals surface area contributed by atoms with Crippen LogP contribution >= 0.6 is 23.2 Å². The molecule has 0 radical (unpaired) electrons. The number of nitrogens with zero attached hydrogens (tertiary/aromatic N) is 1. The molecule has 0 fully saturated rings. The van der Waals surface area contributed by atoms with Crippen molar-refractivity contribution in [2.75, 3.05) is 15.9 Å². The van der Waals surface area contributed by atoms with E-state index in [0.717, 1.165) is 10.6 Å². The van der Waals surface area contributed by atoms with E-state index in [9.17, 15) is 18.0 Å². The standard InChI is InChI=1S/C17H17Cl2N3O4S/c1-10(17(24)21-15-6-4-3-5-12(15)16(20)23)22(27(2,25)26)11-7-8-13(18)14(19)9-11/h3-10H,1-2H3,(H2,20,23)(H,21,24)/t10-/m1/s1. The predicted molar refractivity (Wildman–Crippen MR) is 107 cm³/mol. The van der Waals surface area contributed by atoms with Crippen LogP contribution in [0.25, 0.3) is 0 Å². The minimum absolute atomic E-state index is 0.110. The molecule has 2 aromatic rings. The van der Waals surface area contributed by atoms with E-state index >= 15 is 0 Å². The summed E-state index contributed by atoms with van der Waals surface area (Å²) in [5.41, 5.74) is 5.77. The van der Waals surface area contributed by atoms with E-state index in [1.54, 1.807) is 12.1 Å². The topological polar surface area (TPSA) is 110 Å². The molecule has 2 aromatic carbocycles. The quantitative estimate of drug-likeness (QED) is 0.734. The van der Waals surface area contributed by atoms with Crippen molar-refractivity contribution >= 4 is 56.4 Å². The number of nitrogens with two attached hydrogens (primary N) is 1. The van der Waals surface area contributed by atoms with Crippen LogP contribution in [-0.4, -0.2) is 32.5 Å². The largest absolute Gasteiger partial charge is 0.366 e. The van der Waals surface area contributed by atoms with Gasteiger partial charge in [0.2, 0.25) is 15.9 Å². The molecule has 144 valence electrons. The van der Waals surface area contributed by atoms with Gasteiger partial charge in [0.15, 0.2) is 0 Å². The molecule has 1 atom stereocenters. The Labute approximate surface area is 167 Å². The minimum atomic E-state index is -3.83. The van der Waals surface area contributed by atoms with Gasteiger partial charge in [-0.15, -0.1) is 0 Å². The Morgan fingerprint density at radius 1 is 1.11 bits per heavy atom. The molecule has 27 heavy (non-hydrogen) atoms. The van der Waals surface area contributed by atoms with E-state index in [0.29, 0.717) is 0 Å². The molecule has 10 heteroatoms. The fourth-order valence-corrected chi connectivity index (χ4v) is 3.93. The maximum atomic E-state index is 12.7. The number of carbonyl (C=O) groups is 2. The Morgan fingerprint density at radius 2 is 1.74 bits per heavy atom. The summed E-state index contributed by atoms with van der Waals surface area (Å²) >= 11 is 11.8. The molecule has 0 saturated carbocycles. The van der Waals surface area contributed by atoms with Gasteiger partial charge in [-0.3, -0.25) is 13.9 Å². The highest BCUT2D eigenvalue weighted by atomic mass is 35.5. The molecule has 0 aromatic heterocycles. The van der Waals surface area contributed by atoms with Crippen molar-refractivity contribution in [1.82, 2.24) is 0 Å². The number of rotatable bonds is 6. The maximum absolute atomic E-state index is 12.7. The Hall–Kier alpha value is -2.29. The second-order valence-corrected chi connectivity index (χ2v) is 8.41. The molecular formula is C17H17Cl2N3O4S. The number of carbonyl (C=O) groups excluding carboxylic acids is 2.